The zero-order valence-electron chi connectivity index (χ0n) is 23.0. The molecule has 0 bridgehead atoms. The number of benzene rings is 2. The van der Waals surface area contributed by atoms with Crippen LogP contribution in [-0.2, 0) is 26.0 Å². The third kappa shape index (κ3) is 10.5. The Kier molecular flexibility index (Phi) is 10.9. The number of nitrogens with one attached hydrogen (secondary N) is 3. The number of para-hydroxylation sites is 1. The molecule has 20 heteroatoms. The number of carbonyl (C=O) groups excluding carboxylic acids is 1. The van der Waals surface area contributed by atoms with Crippen molar-refractivity contribution >= 4 is 36.6 Å². The number of alkyl halides is 9. The summed E-state index contributed by atoms with van der Waals surface area (Å²) in [7, 11) is -2.55. The third-order valence-corrected chi connectivity index (χ3v) is 7.28. The monoisotopic (exact) mass is 675 g/mol. The molecular weight excluding hydrogens is 652 g/mol. The number of methoxy groups -OCH3 is 1. The van der Waals surface area contributed by atoms with Gasteiger partial charge in [-0.1, -0.05) is 18.2 Å². The lowest BCUT2D eigenvalue weighted by molar-refractivity contribution is -0.165. The number of rotatable bonds is 12. The van der Waals surface area contributed by atoms with Gasteiger partial charge in [0.25, 0.3) is 5.91 Å². The van der Waals surface area contributed by atoms with E-state index in [1.165, 1.54) is 37.4 Å². The largest absolute Gasteiger partial charge is 0.495 e. The van der Waals surface area contributed by atoms with Gasteiger partial charge in [-0.2, -0.15) is 44.5 Å². The molecule has 1 aromatic heterocycles. The first-order chi connectivity index (χ1) is 20.8. The lowest BCUT2D eigenvalue weighted by atomic mass is 10.1. The van der Waals surface area contributed by atoms with E-state index in [2.05, 4.69) is 35.0 Å². The highest BCUT2D eigenvalue weighted by atomic mass is 31.2. The average molecular weight is 675 g/mol. The van der Waals surface area contributed by atoms with Crippen LogP contribution in [0.4, 0.5) is 62.7 Å². The van der Waals surface area contributed by atoms with Crippen molar-refractivity contribution in [3.8, 4) is 5.75 Å². The number of hydrogen-bond acceptors (Lipinski definition) is 9. The van der Waals surface area contributed by atoms with Crippen LogP contribution in [0.2, 0.25) is 0 Å². The van der Waals surface area contributed by atoms with Gasteiger partial charge in [0.15, 0.2) is 13.2 Å². The number of amides is 1. The number of anilines is 4. The normalized spacial score (nSPS) is 12.5. The molecule has 246 valence electrons. The first-order valence-electron chi connectivity index (χ1n) is 12.3. The van der Waals surface area contributed by atoms with Gasteiger partial charge < -0.3 is 20.7 Å². The molecule has 10 nitrogen and oxygen atoms in total. The fourth-order valence-corrected chi connectivity index (χ4v) is 5.14. The van der Waals surface area contributed by atoms with Gasteiger partial charge in [0.1, 0.15) is 17.1 Å². The van der Waals surface area contributed by atoms with Crippen LogP contribution in [0.3, 0.4) is 0 Å². The Morgan fingerprint density at radius 2 is 1.51 bits per heavy atom. The fourth-order valence-electron chi connectivity index (χ4n) is 3.55. The van der Waals surface area contributed by atoms with E-state index in [0.29, 0.717) is 6.20 Å². The van der Waals surface area contributed by atoms with Crippen LogP contribution in [0.5, 0.6) is 5.75 Å². The van der Waals surface area contributed by atoms with E-state index in [0.717, 1.165) is 19.2 Å². The second kappa shape index (κ2) is 13.9. The quantitative estimate of drug-likeness (QED) is 0.135. The molecule has 0 spiro atoms. The van der Waals surface area contributed by atoms with Crippen LogP contribution in [-0.4, -0.2) is 55.6 Å². The summed E-state index contributed by atoms with van der Waals surface area (Å²) < 4.78 is 144. The molecule has 0 aliphatic carbocycles. The van der Waals surface area contributed by atoms with Gasteiger partial charge in [0.05, 0.1) is 30.2 Å². The molecule has 3 N–H and O–H groups in total. The standard InChI is InChI=1S/C25H23F9N5O5P/c1-35-21(40)15-5-3-4-6-17(15)37-20-16(25(32,33)34)10-36-22(39-20)38-18-8-7-14(9-19(18)42-2)11-45(41,43-12-23(26,27)28)44-13-24(29,30)31/h3-10H,11-13H2,1-2H3,(H,35,40)(H2,36,37,38,39). The van der Waals surface area contributed by atoms with Crippen LogP contribution in [0.25, 0.3) is 0 Å². The Morgan fingerprint density at radius 1 is 0.889 bits per heavy atom. The number of hydrogen-bond donors (Lipinski definition) is 3. The fraction of sp³-hybridized carbons (Fsp3) is 0.320. The third-order valence-electron chi connectivity index (χ3n) is 5.48. The molecule has 1 amide bonds. The molecule has 0 saturated carbocycles. The molecule has 3 rings (SSSR count). The molecule has 0 radical (unpaired) electrons. The van der Waals surface area contributed by atoms with E-state index in [-0.39, 0.29) is 28.3 Å². The molecule has 45 heavy (non-hydrogen) atoms. The predicted molar refractivity (Wildman–Crippen MR) is 142 cm³/mol. The summed E-state index contributed by atoms with van der Waals surface area (Å²) in [5.74, 6) is -1.90. The number of nitrogens with zero attached hydrogens (tertiary/aromatic N) is 2. The summed E-state index contributed by atoms with van der Waals surface area (Å²) in [6, 6.07) is 9.03. The van der Waals surface area contributed by atoms with Gasteiger partial charge in [-0.3, -0.25) is 18.4 Å². The van der Waals surface area contributed by atoms with Crippen LogP contribution >= 0.6 is 7.60 Å². The first kappa shape index (κ1) is 35.4. The molecule has 0 unspecified atom stereocenters. The van der Waals surface area contributed by atoms with E-state index < -0.39 is 68.7 Å². The molecular formula is C25H23F9N5O5P. The van der Waals surface area contributed by atoms with Crippen LogP contribution in [0, 0.1) is 0 Å². The Balaban J connectivity index is 1.92. The van der Waals surface area contributed by atoms with Gasteiger partial charge in [0.2, 0.25) is 5.95 Å². The van der Waals surface area contributed by atoms with Crippen LogP contribution in [0.1, 0.15) is 21.5 Å². The average Bonchev–Trinajstić information content (AvgIpc) is 2.94. The van der Waals surface area contributed by atoms with Crippen molar-refractivity contribution in [2.75, 3.05) is 38.0 Å². The molecule has 0 aliphatic heterocycles. The highest BCUT2D eigenvalue weighted by Gasteiger charge is 2.39. The summed E-state index contributed by atoms with van der Waals surface area (Å²) in [6.07, 6.45) is -15.5. The Hall–Kier alpha value is -4.09. The van der Waals surface area contributed by atoms with Gasteiger partial charge in [-0.25, -0.2) is 4.98 Å². The van der Waals surface area contributed by atoms with Crippen molar-refractivity contribution in [3.05, 3.63) is 65.4 Å². The van der Waals surface area contributed by atoms with Crippen molar-refractivity contribution in [2.45, 2.75) is 24.7 Å². The smallest absolute Gasteiger partial charge is 0.421 e. The molecule has 0 atom stereocenters. The topological polar surface area (TPSA) is 124 Å². The van der Waals surface area contributed by atoms with E-state index in [4.69, 9.17) is 4.74 Å². The maximum absolute atomic E-state index is 13.8. The Labute approximate surface area is 248 Å². The van der Waals surface area contributed by atoms with Gasteiger partial charge >= 0.3 is 26.1 Å². The van der Waals surface area contributed by atoms with Crippen molar-refractivity contribution in [2.24, 2.45) is 0 Å². The van der Waals surface area contributed by atoms with Gasteiger partial charge in [-0.05, 0) is 29.8 Å². The van der Waals surface area contributed by atoms with E-state index >= 15 is 0 Å². The van der Waals surface area contributed by atoms with E-state index in [9.17, 15) is 48.9 Å². The van der Waals surface area contributed by atoms with Crippen molar-refractivity contribution < 1.29 is 62.7 Å². The summed E-state index contributed by atoms with van der Waals surface area (Å²) in [4.78, 5) is 19.7. The minimum atomic E-state index is -5.03. The molecule has 1 heterocycles. The van der Waals surface area contributed by atoms with Gasteiger partial charge in [-0.15, -0.1) is 0 Å². The van der Waals surface area contributed by atoms with Gasteiger partial charge in [0, 0.05) is 13.2 Å². The number of halogens is 9. The molecule has 0 saturated heterocycles. The SMILES string of the molecule is CNC(=O)c1ccccc1Nc1nc(Nc2ccc(CP(=O)(OCC(F)(F)F)OCC(F)(F)F)cc2OC)ncc1C(F)(F)F. The summed E-state index contributed by atoms with van der Waals surface area (Å²) in [5.41, 5.74) is -1.44. The first-order valence-corrected chi connectivity index (χ1v) is 14.0. The van der Waals surface area contributed by atoms with Crippen molar-refractivity contribution in [1.82, 2.24) is 15.3 Å². The molecule has 0 fully saturated rings. The number of aromatic nitrogens is 2. The maximum Gasteiger partial charge on any atom is 0.421 e. The number of ether oxygens (including phenoxy) is 1. The van der Waals surface area contributed by atoms with E-state index in [1.807, 2.05) is 0 Å². The maximum atomic E-state index is 13.8. The zero-order chi connectivity index (χ0) is 33.6. The molecule has 2 aromatic carbocycles. The molecule has 0 aliphatic rings. The predicted octanol–water partition coefficient (Wildman–Crippen LogP) is 7.20. The second-order valence-electron chi connectivity index (χ2n) is 8.91. The highest BCUT2D eigenvalue weighted by molar-refractivity contribution is 7.53. The minimum absolute atomic E-state index is 0.00854. The summed E-state index contributed by atoms with van der Waals surface area (Å²) in [5, 5.41) is 7.43. The number of carbonyl (C=O) groups is 1. The Bertz CT molecular complexity index is 1530. The summed E-state index contributed by atoms with van der Waals surface area (Å²) in [6.45, 7) is -4.29. The van der Waals surface area contributed by atoms with Crippen LogP contribution < -0.4 is 20.7 Å². The molecule has 3 aromatic rings. The van der Waals surface area contributed by atoms with Crippen LogP contribution in [0.15, 0.2) is 48.7 Å². The lowest BCUT2D eigenvalue weighted by Crippen LogP contribution is -2.20. The zero-order valence-corrected chi connectivity index (χ0v) is 23.9. The highest BCUT2D eigenvalue weighted by Crippen LogP contribution is 2.53. The van der Waals surface area contributed by atoms with Crippen molar-refractivity contribution in [1.29, 1.82) is 0 Å². The summed E-state index contributed by atoms with van der Waals surface area (Å²) >= 11 is 0. The minimum Gasteiger partial charge on any atom is -0.495 e. The van der Waals surface area contributed by atoms with E-state index in [1.54, 1.807) is 0 Å². The van der Waals surface area contributed by atoms with Crippen molar-refractivity contribution in [3.63, 3.8) is 0 Å². The Morgan fingerprint density at radius 3 is 2.07 bits per heavy atom. The second-order valence-corrected chi connectivity index (χ2v) is 11.0. The lowest BCUT2D eigenvalue weighted by Gasteiger charge is -2.21.